The van der Waals surface area contributed by atoms with E-state index in [4.69, 9.17) is 0 Å². The highest BCUT2D eigenvalue weighted by molar-refractivity contribution is 5.50. The summed E-state index contributed by atoms with van der Waals surface area (Å²) < 4.78 is 0. The van der Waals surface area contributed by atoms with Crippen LogP contribution in [0.3, 0.4) is 0 Å². The van der Waals surface area contributed by atoms with E-state index in [-0.39, 0.29) is 11.8 Å². The van der Waals surface area contributed by atoms with Gasteiger partial charge >= 0.3 is 0 Å². The predicted octanol–water partition coefficient (Wildman–Crippen LogP) is 5.42. The summed E-state index contributed by atoms with van der Waals surface area (Å²) in [4.78, 5) is 0. The van der Waals surface area contributed by atoms with E-state index < -0.39 is 23.2 Å². The summed E-state index contributed by atoms with van der Waals surface area (Å²) >= 11 is 0. The Bertz CT molecular complexity index is 794. The molecule has 31 heavy (non-hydrogen) atoms. The van der Waals surface area contributed by atoms with Gasteiger partial charge in [-0.2, -0.15) is 0 Å². The summed E-state index contributed by atoms with van der Waals surface area (Å²) in [5, 5.41) is 32.9. The molecule has 0 amide bonds. The van der Waals surface area contributed by atoms with Crippen LogP contribution in [0.15, 0.2) is 35.5 Å². The SMILES string of the molecule is CC(C)C(C)/C=C/[C@@H](C)[C@H]1CC[C@H]2C3=C[C@@H](O)[C@@]4(O)C[C@@H](O)CC[C@]4(C)C3=CC[C@]12C. The molecule has 9 atom stereocenters. The molecule has 174 valence electrons. The van der Waals surface area contributed by atoms with E-state index in [2.05, 4.69) is 59.8 Å². The molecule has 4 aliphatic rings. The van der Waals surface area contributed by atoms with Gasteiger partial charge in [0.15, 0.2) is 0 Å². The largest absolute Gasteiger partial charge is 0.393 e. The average molecular weight is 429 g/mol. The summed E-state index contributed by atoms with van der Waals surface area (Å²) in [5.41, 5.74) is 0.994. The highest BCUT2D eigenvalue weighted by Crippen LogP contribution is 2.65. The zero-order valence-electron chi connectivity index (χ0n) is 20.4. The van der Waals surface area contributed by atoms with Crippen LogP contribution in [-0.4, -0.2) is 33.1 Å². The lowest BCUT2D eigenvalue weighted by atomic mass is 9.49. The number of hydrogen-bond donors (Lipinski definition) is 3. The summed E-state index contributed by atoms with van der Waals surface area (Å²) in [6, 6.07) is 0. The van der Waals surface area contributed by atoms with Crippen molar-refractivity contribution in [1.82, 2.24) is 0 Å². The molecule has 4 rings (SSSR count). The van der Waals surface area contributed by atoms with Crippen molar-refractivity contribution in [1.29, 1.82) is 0 Å². The summed E-state index contributed by atoms with van der Waals surface area (Å²) in [6.07, 6.45) is 12.9. The Morgan fingerprint density at radius 2 is 1.74 bits per heavy atom. The fourth-order valence-corrected chi connectivity index (χ4v) is 7.50. The lowest BCUT2D eigenvalue weighted by Crippen LogP contribution is -2.62. The van der Waals surface area contributed by atoms with E-state index in [0.29, 0.717) is 36.0 Å². The zero-order chi connectivity index (χ0) is 22.8. The standard InChI is InChI=1S/C28H44O3/c1-17(2)18(3)7-8-19(4)22-9-10-23-21-15-25(30)28(31)16-20(29)11-14-27(28,6)24(21)12-13-26(22,23)5/h7-8,12,15,17-20,22-23,25,29-31H,9-11,13-14,16H2,1-6H3/b8-7+/t18?,19-,20+,22-,23+,25-,26-,27-,28+/m1/s1. The maximum atomic E-state index is 11.5. The summed E-state index contributed by atoms with van der Waals surface area (Å²) in [6.45, 7) is 13.8. The van der Waals surface area contributed by atoms with Crippen molar-refractivity contribution in [2.75, 3.05) is 0 Å². The van der Waals surface area contributed by atoms with Crippen molar-refractivity contribution in [2.45, 2.75) is 97.9 Å². The number of fused-ring (bicyclic) bond motifs is 5. The number of aliphatic hydroxyl groups is 3. The van der Waals surface area contributed by atoms with Gasteiger partial charge < -0.3 is 15.3 Å². The molecule has 0 aromatic heterocycles. The molecule has 0 saturated heterocycles. The Morgan fingerprint density at radius 3 is 2.42 bits per heavy atom. The van der Waals surface area contributed by atoms with Crippen molar-refractivity contribution < 1.29 is 15.3 Å². The van der Waals surface area contributed by atoms with Gasteiger partial charge in [-0.1, -0.05) is 59.8 Å². The second-order valence-electron chi connectivity index (χ2n) is 12.1. The Labute approximate surface area is 189 Å². The van der Waals surface area contributed by atoms with Crippen LogP contribution in [0, 0.1) is 40.4 Å². The van der Waals surface area contributed by atoms with Crippen LogP contribution >= 0.6 is 0 Å². The third kappa shape index (κ3) is 3.42. The first-order valence-corrected chi connectivity index (χ1v) is 12.6. The molecule has 0 aromatic carbocycles. The highest BCUT2D eigenvalue weighted by atomic mass is 16.3. The molecule has 0 spiro atoms. The third-order valence-corrected chi connectivity index (χ3v) is 10.1. The van der Waals surface area contributed by atoms with E-state index >= 15 is 0 Å². The van der Waals surface area contributed by atoms with Gasteiger partial charge in [0.1, 0.15) is 11.7 Å². The topological polar surface area (TPSA) is 60.7 Å². The molecule has 0 radical (unpaired) electrons. The average Bonchev–Trinajstić information content (AvgIpc) is 3.05. The maximum absolute atomic E-state index is 11.5. The van der Waals surface area contributed by atoms with Crippen molar-refractivity contribution in [3.8, 4) is 0 Å². The number of rotatable bonds is 4. The quantitative estimate of drug-likeness (QED) is 0.524. The molecule has 4 aliphatic carbocycles. The molecule has 0 heterocycles. The van der Waals surface area contributed by atoms with Crippen LogP contribution in [0.5, 0.6) is 0 Å². The van der Waals surface area contributed by atoms with Gasteiger partial charge in [-0.05, 0) is 84.3 Å². The van der Waals surface area contributed by atoms with Gasteiger partial charge in [-0.25, -0.2) is 0 Å². The van der Waals surface area contributed by atoms with Crippen LogP contribution in [0.25, 0.3) is 0 Å². The lowest BCUT2D eigenvalue weighted by Gasteiger charge is -2.58. The number of hydrogen-bond acceptors (Lipinski definition) is 3. The molecular weight excluding hydrogens is 384 g/mol. The lowest BCUT2D eigenvalue weighted by molar-refractivity contribution is -0.173. The van der Waals surface area contributed by atoms with E-state index in [9.17, 15) is 15.3 Å². The van der Waals surface area contributed by atoms with Crippen LogP contribution in [0.2, 0.25) is 0 Å². The molecular formula is C28H44O3. The Morgan fingerprint density at radius 1 is 1.03 bits per heavy atom. The molecule has 3 N–H and O–H groups in total. The van der Waals surface area contributed by atoms with Crippen LogP contribution in [0.1, 0.15) is 80.1 Å². The first-order chi connectivity index (χ1) is 14.4. The molecule has 3 nitrogen and oxygen atoms in total. The van der Waals surface area contributed by atoms with E-state index in [1.54, 1.807) is 0 Å². The molecule has 0 bridgehead atoms. The highest BCUT2D eigenvalue weighted by Gasteiger charge is 2.62. The van der Waals surface area contributed by atoms with Gasteiger partial charge in [-0.15, -0.1) is 0 Å². The molecule has 2 fully saturated rings. The first kappa shape index (κ1) is 23.3. The molecule has 3 heteroatoms. The minimum absolute atomic E-state index is 0.194. The first-order valence-electron chi connectivity index (χ1n) is 12.6. The fourth-order valence-electron chi connectivity index (χ4n) is 7.50. The smallest absolute Gasteiger partial charge is 0.106 e. The minimum Gasteiger partial charge on any atom is -0.393 e. The maximum Gasteiger partial charge on any atom is 0.106 e. The van der Waals surface area contributed by atoms with Gasteiger partial charge in [0.2, 0.25) is 0 Å². The summed E-state index contributed by atoms with van der Waals surface area (Å²) in [7, 11) is 0. The van der Waals surface area contributed by atoms with E-state index in [1.165, 1.54) is 17.6 Å². The van der Waals surface area contributed by atoms with Gasteiger partial charge in [0.05, 0.1) is 6.10 Å². The monoisotopic (exact) mass is 428 g/mol. The molecule has 0 aromatic rings. The van der Waals surface area contributed by atoms with Gasteiger partial charge in [0, 0.05) is 11.8 Å². The normalized spacial score (nSPS) is 46.8. The van der Waals surface area contributed by atoms with Crippen molar-refractivity contribution in [3.63, 3.8) is 0 Å². The van der Waals surface area contributed by atoms with Crippen molar-refractivity contribution in [3.05, 3.63) is 35.5 Å². The molecule has 2 saturated carbocycles. The van der Waals surface area contributed by atoms with Crippen molar-refractivity contribution >= 4 is 0 Å². The Balaban J connectivity index is 1.65. The van der Waals surface area contributed by atoms with Gasteiger partial charge in [-0.3, -0.25) is 0 Å². The third-order valence-electron chi connectivity index (χ3n) is 10.1. The molecule has 1 unspecified atom stereocenters. The fraction of sp³-hybridized carbons (Fsp3) is 0.786. The van der Waals surface area contributed by atoms with Crippen LogP contribution in [-0.2, 0) is 0 Å². The van der Waals surface area contributed by atoms with Crippen molar-refractivity contribution in [2.24, 2.45) is 40.4 Å². The second kappa shape index (κ2) is 7.85. The van der Waals surface area contributed by atoms with E-state index in [1.807, 2.05) is 6.08 Å². The zero-order valence-corrected chi connectivity index (χ0v) is 20.4. The Kier molecular flexibility index (Phi) is 5.89. The second-order valence-corrected chi connectivity index (χ2v) is 12.1. The number of allylic oxidation sites excluding steroid dienone is 4. The molecule has 0 aliphatic heterocycles. The summed E-state index contributed by atoms with van der Waals surface area (Å²) in [5.74, 6) is 2.88. The van der Waals surface area contributed by atoms with E-state index in [0.717, 1.165) is 19.3 Å². The Hall–Kier alpha value is -0.900. The van der Waals surface area contributed by atoms with Gasteiger partial charge in [0.25, 0.3) is 0 Å². The predicted molar refractivity (Wildman–Crippen MR) is 126 cm³/mol. The van der Waals surface area contributed by atoms with Crippen LogP contribution < -0.4 is 0 Å². The number of aliphatic hydroxyl groups excluding tert-OH is 2. The minimum atomic E-state index is -1.27. The van der Waals surface area contributed by atoms with Crippen LogP contribution in [0.4, 0.5) is 0 Å².